The van der Waals surface area contributed by atoms with Crippen LogP contribution in [-0.4, -0.2) is 37.3 Å². The van der Waals surface area contributed by atoms with Gasteiger partial charge in [0.2, 0.25) is 0 Å². The van der Waals surface area contributed by atoms with Crippen molar-refractivity contribution in [1.82, 2.24) is 9.88 Å². The number of amides is 1. The number of methoxy groups -OCH3 is 1. The Morgan fingerprint density at radius 3 is 2.93 bits per heavy atom. The Bertz CT molecular complexity index is 945. The number of carbonyl (C=O) groups excluding carboxylic acids is 1. The van der Waals surface area contributed by atoms with Gasteiger partial charge in [-0.2, -0.15) is 0 Å². The summed E-state index contributed by atoms with van der Waals surface area (Å²) in [6, 6.07) is 10.1. The first kappa shape index (κ1) is 20.2. The molecule has 0 bridgehead atoms. The van der Waals surface area contributed by atoms with Crippen molar-refractivity contribution >= 4 is 28.1 Å². The maximum atomic E-state index is 13.0. The number of hydrogen-bond acceptors (Lipinski definition) is 4. The summed E-state index contributed by atoms with van der Waals surface area (Å²) in [5.41, 5.74) is 2.68. The lowest BCUT2D eigenvalue weighted by molar-refractivity contribution is 0.0949. The van der Waals surface area contributed by atoms with E-state index in [0.717, 1.165) is 35.3 Å². The Kier molecular flexibility index (Phi) is 6.90. The summed E-state index contributed by atoms with van der Waals surface area (Å²) >= 11 is 1.72. The van der Waals surface area contributed by atoms with Gasteiger partial charge in [-0.05, 0) is 43.0 Å². The standard InChI is InChI=1S/C22H26N2O3S/c1-4-11-27-17-8-9-20-19(14-17)21(22(25)23-10-6-12-26-3)16(2)24(20)15-18-7-5-13-28-18/h4-5,7-9,13-14H,1,6,10-12,15H2,2-3H3,(H,23,25). The molecular weight excluding hydrogens is 372 g/mol. The molecule has 28 heavy (non-hydrogen) atoms. The topological polar surface area (TPSA) is 52.5 Å². The fraction of sp³-hybridized carbons (Fsp3) is 0.318. The number of aromatic nitrogens is 1. The van der Waals surface area contributed by atoms with Gasteiger partial charge in [0.05, 0.1) is 12.1 Å². The minimum absolute atomic E-state index is 0.0654. The average Bonchev–Trinajstić information content (AvgIpc) is 3.30. The molecular formula is C22H26N2O3S. The number of nitrogens with zero attached hydrogens (tertiary/aromatic N) is 1. The van der Waals surface area contributed by atoms with Crippen LogP contribution < -0.4 is 10.1 Å². The summed E-state index contributed by atoms with van der Waals surface area (Å²) in [4.78, 5) is 14.2. The normalized spacial score (nSPS) is 10.9. The average molecular weight is 399 g/mol. The highest BCUT2D eigenvalue weighted by atomic mass is 32.1. The summed E-state index contributed by atoms with van der Waals surface area (Å²) in [5, 5.41) is 5.99. The number of ether oxygens (including phenoxy) is 2. The molecule has 0 fully saturated rings. The summed E-state index contributed by atoms with van der Waals surface area (Å²) in [5.74, 6) is 0.665. The van der Waals surface area contributed by atoms with E-state index in [9.17, 15) is 4.79 Å². The molecule has 6 heteroatoms. The monoisotopic (exact) mass is 398 g/mol. The van der Waals surface area contributed by atoms with Gasteiger partial charge in [0.1, 0.15) is 12.4 Å². The van der Waals surface area contributed by atoms with E-state index < -0.39 is 0 Å². The van der Waals surface area contributed by atoms with Gasteiger partial charge in [-0.15, -0.1) is 11.3 Å². The second kappa shape index (κ2) is 9.57. The van der Waals surface area contributed by atoms with E-state index in [1.807, 2.05) is 31.2 Å². The van der Waals surface area contributed by atoms with Crippen molar-refractivity contribution in [1.29, 1.82) is 0 Å². The lowest BCUT2D eigenvalue weighted by Gasteiger charge is -2.08. The third-order valence-electron chi connectivity index (χ3n) is 4.59. The zero-order chi connectivity index (χ0) is 19.9. The van der Waals surface area contributed by atoms with Crippen LogP contribution in [0.15, 0.2) is 48.4 Å². The first-order valence-electron chi connectivity index (χ1n) is 9.31. The molecule has 0 radical (unpaired) electrons. The van der Waals surface area contributed by atoms with Gasteiger partial charge in [-0.25, -0.2) is 0 Å². The van der Waals surface area contributed by atoms with Crippen LogP contribution >= 0.6 is 11.3 Å². The Labute approximate surface area is 169 Å². The molecule has 0 aliphatic heterocycles. The van der Waals surface area contributed by atoms with Crippen LogP contribution in [0.4, 0.5) is 0 Å². The Morgan fingerprint density at radius 2 is 2.21 bits per heavy atom. The van der Waals surface area contributed by atoms with Crippen LogP contribution in [-0.2, 0) is 11.3 Å². The smallest absolute Gasteiger partial charge is 0.253 e. The van der Waals surface area contributed by atoms with Gasteiger partial charge in [-0.1, -0.05) is 18.7 Å². The molecule has 5 nitrogen and oxygen atoms in total. The molecule has 2 heterocycles. The van der Waals surface area contributed by atoms with Crippen molar-refractivity contribution in [3.05, 3.63) is 64.5 Å². The third kappa shape index (κ3) is 4.46. The second-order valence-corrected chi connectivity index (χ2v) is 7.54. The summed E-state index contributed by atoms with van der Waals surface area (Å²) in [6.07, 6.45) is 2.49. The maximum absolute atomic E-state index is 13.0. The zero-order valence-electron chi connectivity index (χ0n) is 16.4. The highest BCUT2D eigenvalue weighted by molar-refractivity contribution is 7.09. The molecule has 1 amide bonds. The van der Waals surface area contributed by atoms with Crippen LogP contribution in [0.5, 0.6) is 5.75 Å². The van der Waals surface area contributed by atoms with Crippen LogP contribution in [0.2, 0.25) is 0 Å². The Balaban J connectivity index is 1.99. The second-order valence-electron chi connectivity index (χ2n) is 6.51. The first-order valence-corrected chi connectivity index (χ1v) is 10.2. The minimum Gasteiger partial charge on any atom is -0.490 e. The fourth-order valence-corrected chi connectivity index (χ4v) is 3.95. The van der Waals surface area contributed by atoms with E-state index in [4.69, 9.17) is 9.47 Å². The Morgan fingerprint density at radius 1 is 1.36 bits per heavy atom. The molecule has 0 spiro atoms. The van der Waals surface area contributed by atoms with Crippen molar-refractivity contribution < 1.29 is 14.3 Å². The molecule has 0 saturated heterocycles. The van der Waals surface area contributed by atoms with Crippen LogP contribution in [0, 0.1) is 6.92 Å². The fourth-order valence-electron chi connectivity index (χ4n) is 3.26. The zero-order valence-corrected chi connectivity index (χ0v) is 17.2. The summed E-state index contributed by atoms with van der Waals surface area (Å²) in [7, 11) is 1.66. The van der Waals surface area contributed by atoms with Crippen molar-refractivity contribution in [2.24, 2.45) is 0 Å². The lowest BCUT2D eigenvalue weighted by Crippen LogP contribution is -2.25. The number of thiophene rings is 1. The molecule has 148 valence electrons. The molecule has 0 unspecified atom stereocenters. The van der Waals surface area contributed by atoms with Crippen molar-refractivity contribution in [3.8, 4) is 5.75 Å². The van der Waals surface area contributed by atoms with Crippen molar-refractivity contribution in [2.75, 3.05) is 26.9 Å². The molecule has 2 aromatic heterocycles. The van der Waals surface area contributed by atoms with Gasteiger partial charge in [0.25, 0.3) is 5.91 Å². The van der Waals surface area contributed by atoms with E-state index in [2.05, 4.69) is 27.9 Å². The van der Waals surface area contributed by atoms with Gasteiger partial charge < -0.3 is 19.4 Å². The third-order valence-corrected chi connectivity index (χ3v) is 5.46. The summed E-state index contributed by atoms with van der Waals surface area (Å²) < 4.78 is 13.0. The molecule has 3 rings (SSSR count). The summed E-state index contributed by atoms with van der Waals surface area (Å²) in [6.45, 7) is 8.07. The van der Waals surface area contributed by atoms with Crippen LogP contribution in [0.3, 0.4) is 0 Å². The van der Waals surface area contributed by atoms with E-state index >= 15 is 0 Å². The number of rotatable bonds is 10. The largest absolute Gasteiger partial charge is 0.490 e. The van der Waals surface area contributed by atoms with Crippen LogP contribution in [0.1, 0.15) is 27.3 Å². The molecule has 0 atom stereocenters. The van der Waals surface area contributed by atoms with E-state index in [1.165, 1.54) is 4.88 Å². The van der Waals surface area contributed by atoms with Crippen molar-refractivity contribution in [3.63, 3.8) is 0 Å². The lowest BCUT2D eigenvalue weighted by atomic mass is 10.1. The highest BCUT2D eigenvalue weighted by Gasteiger charge is 2.20. The Hall–Kier alpha value is -2.57. The van der Waals surface area contributed by atoms with Gasteiger partial charge in [0.15, 0.2) is 0 Å². The predicted octanol–water partition coefficient (Wildman–Crippen LogP) is 4.39. The number of nitrogens with one attached hydrogen (secondary N) is 1. The number of benzene rings is 1. The molecule has 1 N–H and O–H groups in total. The SMILES string of the molecule is C=CCOc1ccc2c(c1)c(C(=O)NCCCOC)c(C)n2Cc1cccs1. The van der Waals surface area contributed by atoms with E-state index in [0.29, 0.717) is 25.3 Å². The van der Waals surface area contributed by atoms with Gasteiger partial charge in [0, 0.05) is 41.7 Å². The molecule has 0 saturated carbocycles. The molecule has 0 aliphatic rings. The first-order chi connectivity index (χ1) is 13.7. The van der Waals surface area contributed by atoms with E-state index in [1.54, 1.807) is 24.5 Å². The van der Waals surface area contributed by atoms with Crippen LogP contribution in [0.25, 0.3) is 10.9 Å². The number of carbonyl (C=O) groups is 1. The molecule has 1 aromatic carbocycles. The molecule has 3 aromatic rings. The molecule has 0 aliphatic carbocycles. The maximum Gasteiger partial charge on any atom is 0.253 e. The van der Waals surface area contributed by atoms with E-state index in [-0.39, 0.29) is 5.91 Å². The highest BCUT2D eigenvalue weighted by Crippen LogP contribution is 2.31. The number of hydrogen-bond donors (Lipinski definition) is 1. The predicted molar refractivity (Wildman–Crippen MR) is 115 cm³/mol. The number of fused-ring (bicyclic) bond motifs is 1. The van der Waals surface area contributed by atoms with Gasteiger partial charge >= 0.3 is 0 Å². The minimum atomic E-state index is -0.0654. The van der Waals surface area contributed by atoms with Crippen molar-refractivity contribution in [2.45, 2.75) is 19.9 Å². The quantitative estimate of drug-likeness (QED) is 0.407. The van der Waals surface area contributed by atoms with Gasteiger partial charge in [-0.3, -0.25) is 4.79 Å².